The van der Waals surface area contributed by atoms with E-state index in [1.54, 1.807) is 0 Å². The molecule has 0 bridgehead atoms. The number of fused-ring (bicyclic) bond motifs is 1. The molecular formula is C21H27N7. The maximum Gasteiger partial charge on any atom is 0.181 e. The predicted octanol–water partition coefficient (Wildman–Crippen LogP) is 4.10. The third-order valence-electron chi connectivity index (χ3n) is 5.88. The second kappa shape index (κ2) is 6.50. The summed E-state index contributed by atoms with van der Waals surface area (Å²) in [4.78, 5) is 5.19. The molecule has 146 valence electrons. The highest BCUT2D eigenvalue weighted by molar-refractivity contribution is 5.84. The van der Waals surface area contributed by atoms with Gasteiger partial charge in [0.15, 0.2) is 5.82 Å². The molecule has 2 N–H and O–H groups in total. The van der Waals surface area contributed by atoms with Crippen molar-refractivity contribution in [2.75, 3.05) is 0 Å². The van der Waals surface area contributed by atoms with Gasteiger partial charge in [0, 0.05) is 22.6 Å². The van der Waals surface area contributed by atoms with Crippen molar-refractivity contribution in [2.45, 2.75) is 77.0 Å². The number of aryl methyl sites for hydroxylation is 1. The lowest BCUT2D eigenvalue weighted by molar-refractivity contribution is 0.566. The third-order valence-corrected chi connectivity index (χ3v) is 5.88. The molecule has 3 heterocycles. The number of H-pyrrole nitrogens is 2. The van der Waals surface area contributed by atoms with Crippen molar-refractivity contribution in [3.05, 3.63) is 28.7 Å². The van der Waals surface area contributed by atoms with Gasteiger partial charge in [0.05, 0.1) is 22.6 Å². The molecule has 7 nitrogen and oxygen atoms in total. The smallest absolute Gasteiger partial charge is 0.181 e. The van der Waals surface area contributed by atoms with Gasteiger partial charge in [0.1, 0.15) is 0 Å². The van der Waals surface area contributed by atoms with Crippen LogP contribution < -0.4 is 0 Å². The molecule has 0 aromatic carbocycles. The Bertz CT molecular complexity index is 991. The molecule has 1 fully saturated rings. The number of nitrogens with one attached hydrogen (secondary N) is 2. The van der Waals surface area contributed by atoms with Gasteiger partial charge in [0.25, 0.3) is 0 Å². The zero-order valence-corrected chi connectivity index (χ0v) is 16.8. The SMILES string of the molecule is CC(C)(C)c1nc2c(c(-c3cc(C4CC4)n[nH]3)c1-c1nnn[nH]1)CCCCC2. The van der Waals surface area contributed by atoms with Crippen LogP contribution >= 0.6 is 0 Å². The Balaban J connectivity index is 1.82. The van der Waals surface area contributed by atoms with E-state index in [0.29, 0.717) is 11.7 Å². The summed E-state index contributed by atoms with van der Waals surface area (Å²) in [5, 5.41) is 23.0. The Labute approximate surface area is 164 Å². The Hall–Kier alpha value is -2.57. The van der Waals surface area contributed by atoms with Crippen LogP contribution in [0.25, 0.3) is 22.6 Å². The fourth-order valence-corrected chi connectivity index (χ4v) is 4.31. The first-order chi connectivity index (χ1) is 13.5. The van der Waals surface area contributed by atoms with E-state index in [1.807, 2.05) is 0 Å². The predicted molar refractivity (Wildman–Crippen MR) is 107 cm³/mol. The zero-order chi connectivity index (χ0) is 19.3. The summed E-state index contributed by atoms with van der Waals surface area (Å²) in [5.74, 6) is 1.30. The molecule has 0 saturated heterocycles. The Morgan fingerprint density at radius 3 is 2.54 bits per heavy atom. The maximum absolute atomic E-state index is 5.19. The van der Waals surface area contributed by atoms with E-state index in [1.165, 1.54) is 54.6 Å². The molecule has 0 spiro atoms. The van der Waals surface area contributed by atoms with E-state index in [0.717, 1.165) is 29.8 Å². The van der Waals surface area contributed by atoms with Crippen molar-refractivity contribution in [3.8, 4) is 22.6 Å². The van der Waals surface area contributed by atoms with Crippen molar-refractivity contribution in [2.24, 2.45) is 0 Å². The lowest BCUT2D eigenvalue weighted by atomic mass is 9.83. The summed E-state index contributed by atoms with van der Waals surface area (Å²) < 4.78 is 0. The van der Waals surface area contributed by atoms with Gasteiger partial charge in [-0.3, -0.25) is 10.1 Å². The molecule has 3 aromatic rings. The standard InChI is InChI=1S/C21H27N7/c1-21(2,3)19-18(20-25-27-28-26-20)17(13-7-5-4-6-8-14(13)22-19)16-11-15(23-24-16)12-9-10-12/h11-12H,4-10H2,1-3H3,(H,23,24)(H,25,26,27,28). The largest absolute Gasteiger partial charge is 0.278 e. The topological polar surface area (TPSA) is 96.0 Å². The lowest BCUT2D eigenvalue weighted by Crippen LogP contribution is -2.19. The van der Waals surface area contributed by atoms with Gasteiger partial charge >= 0.3 is 0 Å². The number of hydrogen-bond acceptors (Lipinski definition) is 5. The quantitative estimate of drug-likeness (QED) is 0.670. The second-order valence-electron chi connectivity index (χ2n) is 9.18. The van der Waals surface area contributed by atoms with Crippen LogP contribution in [-0.4, -0.2) is 35.8 Å². The van der Waals surface area contributed by atoms with Crippen LogP contribution in [0, 0.1) is 0 Å². The van der Waals surface area contributed by atoms with E-state index >= 15 is 0 Å². The number of rotatable bonds is 3. The van der Waals surface area contributed by atoms with Crippen LogP contribution in [0.5, 0.6) is 0 Å². The minimum atomic E-state index is -0.127. The maximum atomic E-state index is 5.19. The number of tetrazole rings is 1. The van der Waals surface area contributed by atoms with Gasteiger partial charge in [-0.25, -0.2) is 5.10 Å². The minimum Gasteiger partial charge on any atom is -0.278 e. The Kier molecular flexibility index (Phi) is 4.07. The summed E-state index contributed by atoms with van der Waals surface area (Å²) >= 11 is 0. The van der Waals surface area contributed by atoms with Gasteiger partial charge < -0.3 is 0 Å². The Morgan fingerprint density at radius 2 is 1.82 bits per heavy atom. The molecule has 0 aliphatic heterocycles. The van der Waals surface area contributed by atoms with Gasteiger partial charge in [-0.05, 0) is 60.6 Å². The molecule has 0 amide bonds. The van der Waals surface area contributed by atoms with Crippen molar-refractivity contribution in [3.63, 3.8) is 0 Å². The van der Waals surface area contributed by atoms with Crippen LogP contribution in [0.1, 0.15) is 81.4 Å². The number of hydrogen-bond donors (Lipinski definition) is 2. The molecule has 7 heteroatoms. The average Bonchev–Trinajstić information content (AvgIpc) is 3.23. The van der Waals surface area contributed by atoms with Gasteiger partial charge in [-0.1, -0.05) is 27.2 Å². The summed E-state index contributed by atoms with van der Waals surface area (Å²) in [6, 6.07) is 2.23. The van der Waals surface area contributed by atoms with Crippen molar-refractivity contribution in [1.29, 1.82) is 0 Å². The molecule has 3 aromatic heterocycles. The monoisotopic (exact) mass is 377 g/mol. The lowest BCUT2D eigenvalue weighted by Gasteiger charge is -2.26. The van der Waals surface area contributed by atoms with Gasteiger partial charge in [-0.2, -0.15) is 5.10 Å². The van der Waals surface area contributed by atoms with Crippen LogP contribution in [-0.2, 0) is 18.3 Å². The van der Waals surface area contributed by atoms with E-state index in [2.05, 4.69) is 57.7 Å². The van der Waals surface area contributed by atoms with Crippen LogP contribution in [0.3, 0.4) is 0 Å². The first kappa shape index (κ1) is 17.5. The molecule has 1 saturated carbocycles. The normalized spacial score (nSPS) is 17.4. The van der Waals surface area contributed by atoms with Crippen molar-refractivity contribution < 1.29 is 0 Å². The number of nitrogens with zero attached hydrogens (tertiary/aromatic N) is 5. The van der Waals surface area contributed by atoms with Gasteiger partial charge in [-0.15, -0.1) is 5.10 Å². The fraction of sp³-hybridized carbons (Fsp3) is 0.571. The fourth-order valence-electron chi connectivity index (χ4n) is 4.31. The summed E-state index contributed by atoms with van der Waals surface area (Å²) in [6.07, 6.45) is 8.18. The zero-order valence-electron chi connectivity index (χ0n) is 16.8. The molecule has 2 aliphatic rings. The van der Waals surface area contributed by atoms with E-state index in [-0.39, 0.29) is 5.41 Å². The van der Waals surface area contributed by atoms with Crippen molar-refractivity contribution in [1.82, 2.24) is 35.8 Å². The summed E-state index contributed by atoms with van der Waals surface area (Å²) in [5.41, 5.74) is 7.94. The highest BCUT2D eigenvalue weighted by Crippen LogP contribution is 2.44. The van der Waals surface area contributed by atoms with Crippen LogP contribution in [0.2, 0.25) is 0 Å². The number of pyridine rings is 1. The highest BCUT2D eigenvalue weighted by Gasteiger charge is 2.32. The minimum absolute atomic E-state index is 0.127. The van der Waals surface area contributed by atoms with E-state index in [4.69, 9.17) is 4.98 Å². The summed E-state index contributed by atoms with van der Waals surface area (Å²) in [7, 11) is 0. The van der Waals surface area contributed by atoms with Crippen LogP contribution in [0.4, 0.5) is 0 Å². The Morgan fingerprint density at radius 1 is 1.00 bits per heavy atom. The summed E-state index contributed by atoms with van der Waals surface area (Å²) in [6.45, 7) is 6.62. The third kappa shape index (κ3) is 3.02. The first-order valence-corrected chi connectivity index (χ1v) is 10.4. The molecule has 28 heavy (non-hydrogen) atoms. The molecule has 0 radical (unpaired) electrons. The van der Waals surface area contributed by atoms with E-state index in [9.17, 15) is 0 Å². The van der Waals surface area contributed by atoms with Crippen molar-refractivity contribution >= 4 is 0 Å². The number of aromatic amines is 2. The van der Waals surface area contributed by atoms with Crippen LogP contribution in [0.15, 0.2) is 6.07 Å². The molecule has 5 rings (SSSR count). The van der Waals surface area contributed by atoms with E-state index < -0.39 is 0 Å². The second-order valence-corrected chi connectivity index (χ2v) is 9.18. The molecule has 0 unspecified atom stereocenters. The molecule has 2 aliphatic carbocycles. The average molecular weight is 377 g/mol. The number of aromatic nitrogens is 7. The molecular weight excluding hydrogens is 350 g/mol. The highest BCUT2D eigenvalue weighted by atomic mass is 15.5. The van der Waals surface area contributed by atoms with Gasteiger partial charge in [0.2, 0.25) is 0 Å². The molecule has 0 atom stereocenters. The first-order valence-electron chi connectivity index (χ1n) is 10.4.